The summed E-state index contributed by atoms with van der Waals surface area (Å²) in [6.45, 7) is 2.30. The van der Waals surface area contributed by atoms with Crippen LogP contribution in [0.2, 0.25) is 0 Å². The van der Waals surface area contributed by atoms with Crippen LogP contribution in [-0.4, -0.2) is 76.3 Å². The van der Waals surface area contributed by atoms with Crippen molar-refractivity contribution in [2.75, 3.05) is 49.6 Å². The molecule has 11 nitrogen and oxygen atoms in total. The Morgan fingerprint density at radius 1 is 1.27 bits per heavy atom. The number of pyridine rings is 2. The minimum absolute atomic E-state index is 0.101. The Morgan fingerprint density at radius 2 is 2.16 bits per heavy atom. The molecule has 2 saturated heterocycles. The minimum Gasteiger partial charge on any atom is -0.378 e. The first-order valence-electron chi connectivity index (χ1n) is 12.0. The maximum atomic E-state index is 13.7. The van der Waals surface area contributed by atoms with E-state index in [0.717, 1.165) is 0 Å². The standard InChI is InChI=1S/C25H26FN9O2/c26-18-4-7-35(13-18)24-16(11-27)10-17(12-31-24)19-3-6-30-25(32-19)33-20-2-1-5-29-23(20)21-15-37-9-8-34(21)14-22(28)36/h1-3,5-6,10,12,18,21H,4,7-9,13-15H2,(H2,28,36)(H,30,32,33)/t18-,21?/m0/s1. The summed E-state index contributed by atoms with van der Waals surface area (Å²) < 4.78 is 19.3. The van der Waals surface area contributed by atoms with E-state index in [9.17, 15) is 14.4 Å². The number of morpholine rings is 1. The molecule has 0 aliphatic carbocycles. The third-order valence-corrected chi connectivity index (χ3v) is 6.37. The quantitative estimate of drug-likeness (QED) is 0.490. The fourth-order valence-electron chi connectivity index (χ4n) is 4.61. The number of nitrogens with zero attached hydrogens (tertiary/aromatic N) is 7. The molecule has 37 heavy (non-hydrogen) atoms. The number of primary amides is 1. The molecule has 12 heteroatoms. The summed E-state index contributed by atoms with van der Waals surface area (Å²) in [5.41, 5.74) is 8.38. The molecule has 2 aliphatic heterocycles. The topological polar surface area (TPSA) is 146 Å². The molecule has 2 atom stereocenters. The van der Waals surface area contributed by atoms with Gasteiger partial charge in [-0.15, -0.1) is 0 Å². The molecule has 3 aromatic rings. The summed E-state index contributed by atoms with van der Waals surface area (Å²) >= 11 is 0. The summed E-state index contributed by atoms with van der Waals surface area (Å²) in [6, 6.07) is 8.98. The number of rotatable bonds is 7. The van der Waals surface area contributed by atoms with E-state index in [0.29, 0.717) is 72.7 Å². The van der Waals surface area contributed by atoms with Gasteiger partial charge in [0.25, 0.3) is 0 Å². The summed E-state index contributed by atoms with van der Waals surface area (Å²) in [7, 11) is 0. The van der Waals surface area contributed by atoms with Crippen molar-refractivity contribution in [3.63, 3.8) is 0 Å². The summed E-state index contributed by atoms with van der Waals surface area (Å²) in [5.74, 6) is 0.389. The van der Waals surface area contributed by atoms with E-state index in [4.69, 9.17) is 10.5 Å². The van der Waals surface area contributed by atoms with Crippen LogP contribution < -0.4 is 16.0 Å². The number of hydrogen-bond donors (Lipinski definition) is 2. The zero-order valence-electron chi connectivity index (χ0n) is 20.0. The molecule has 3 N–H and O–H groups in total. The second-order valence-corrected chi connectivity index (χ2v) is 8.89. The van der Waals surface area contributed by atoms with E-state index in [2.05, 4.69) is 31.3 Å². The van der Waals surface area contributed by atoms with Crippen LogP contribution in [0.3, 0.4) is 0 Å². The van der Waals surface area contributed by atoms with Gasteiger partial charge < -0.3 is 20.7 Å². The number of nitrogens with one attached hydrogen (secondary N) is 1. The lowest BCUT2D eigenvalue weighted by Crippen LogP contribution is -2.44. The van der Waals surface area contributed by atoms with Gasteiger partial charge in [0, 0.05) is 37.2 Å². The number of alkyl halides is 1. The van der Waals surface area contributed by atoms with Crippen molar-refractivity contribution in [2.45, 2.75) is 18.6 Å². The van der Waals surface area contributed by atoms with Crippen molar-refractivity contribution in [1.29, 1.82) is 5.26 Å². The van der Waals surface area contributed by atoms with E-state index in [1.165, 1.54) is 0 Å². The number of anilines is 3. The van der Waals surface area contributed by atoms with Crippen LogP contribution in [0.1, 0.15) is 23.7 Å². The van der Waals surface area contributed by atoms with Gasteiger partial charge in [-0.25, -0.2) is 19.3 Å². The number of halogens is 1. The fourth-order valence-corrected chi connectivity index (χ4v) is 4.61. The summed E-state index contributed by atoms with van der Waals surface area (Å²) in [5, 5.41) is 12.9. The number of nitriles is 1. The highest BCUT2D eigenvalue weighted by atomic mass is 19.1. The zero-order valence-corrected chi connectivity index (χ0v) is 20.0. The number of carbonyl (C=O) groups excluding carboxylic acids is 1. The number of nitrogens with two attached hydrogens (primary N) is 1. The van der Waals surface area contributed by atoms with Crippen LogP contribution in [0.25, 0.3) is 11.3 Å². The molecule has 2 aliphatic rings. The first kappa shape index (κ1) is 24.5. The van der Waals surface area contributed by atoms with Crippen LogP contribution in [0.4, 0.5) is 21.8 Å². The van der Waals surface area contributed by atoms with Crippen molar-refractivity contribution in [3.05, 3.63) is 54.1 Å². The second kappa shape index (κ2) is 10.8. The van der Waals surface area contributed by atoms with E-state index in [1.54, 1.807) is 41.7 Å². The van der Waals surface area contributed by atoms with Crippen molar-refractivity contribution in [1.82, 2.24) is 24.8 Å². The molecule has 0 aromatic carbocycles. The largest absolute Gasteiger partial charge is 0.378 e. The van der Waals surface area contributed by atoms with Crippen LogP contribution in [0.5, 0.6) is 0 Å². The van der Waals surface area contributed by atoms with Crippen molar-refractivity contribution in [3.8, 4) is 17.3 Å². The predicted molar refractivity (Wildman–Crippen MR) is 134 cm³/mol. The lowest BCUT2D eigenvalue weighted by Gasteiger charge is -2.35. The van der Waals surface area contributed by atoms with E-state index >= 15 is 0 Å². The summed E-state index contributed by atoms with van der Waals surface area (Å²) in [6.07, 6.45) is 4.43. The highest BCUT2D eigenvalue weighted by Crippen LogP contribution is 2.31. The van der Waals surface area contributed by atoms with Crippen LogP contribution in [0.15, 0.2) is 42.9 Å². The molecule has 3 aromatic heterocycles. The highest BCUT2D eigenvalue weighted by Gasteiger charge is 2.29. The lowest BCUT2D eigenvalue weighted by molar-refractivity contribution is -0.121. The lowest BCUT2D eigenvalue weighted by atomic mass is 10.1. The van der Waals surface area contributed by atoms with Gasteiger partial charge in [-0.2, -0.15) is 5.26 Å². The number of amides is 1. The van der Waals surface area contributed by atoms with Crippen molar-refractivity contribution < 1.29 is 13.9 Å². The predicted octanol–water partition coefficient (Wildman–Crippen LogP) is 1.96. The Bertz CT molecular complexity index is 1330. The average molecular weight is 504 g/mol. The van der Waals surface area contributed by atoms with Gasteiger partial charge in [0.2, 0.25) is 11.9 Å². The Morgan fingerprint density at radius 3 is 2.95 bits per heavy atom. The van der Waals surface area contributed by atoms with Crippen LogP contribution in [0, 0.1) is 11.3 Å². The maximum Gasteiger partial charge on any atom is 0.231 e. The smallest absolute Gasteiger partial charge is 0.231 e. The molecular formula is C25H26FN9O2. The number of ether oxygens (including phenoxy) is 1. The Balaban J connectivity index is 1.40. The van der Waals surface area contributed by atoms with Gasteiger partial charge in [0.15, 0.2) is 0 Å². The molecule has 190 valence electrons. The van der Waals surface area contributed by atoms with Gasteiger partial charge in [-0.05, 0) is 30.7 Å². The zero-order chi connectivity index (χ0) is 25.8. The molecule has 2 fully saturated rings. The maximum absolute atomic E-state index is 13.7. The number of carbonyl (C=O) groups is 1. The average Bonchev–Trinajstić information content (AvgIpc) is 3.35. The van der Waals surface area contributed by atoms with E-state index in [-0.39, 0.29) is 19.1 Å². The van der Waals surface area contributed by atoms with Crippen LogP contribution >= 0.6 is 0 Å². The van der Waals surface area contributed by atoms with Gasteiger partial charge in [0.05, 0.1) is 55.0 Å². The molecule has 1 amide bonds. The Hall–Kier alpha value is -4.21. The van der Waals surface area contributed by atoms with Gasteiger partial charge in [0.1, 0.15) is 18.1 Å². The molecule has 0 spiro atoms. The SMILES string of the molecule is N#Cc1cc(-c2ccnc(Nc3cccnc3C3COCCN3CC(N)=O)n2)cnc1N1CC[C@H](F)C1. The van der Waals surface area contributed by atoms with E-state index < -0.39 is 12.1 Å². The fraction of sp³-hybridized carbons (Fsp3) is 0.360. The first-order valence-corrected chi connectivity index (χ1v) is 12.0. The Kier molecular flexibility index (Phi) is 7.16. The first-order chi connectivity index (χ1) is 18.0. The minimum atomic E-state index is -0.913. The van der Waals surface area contributed by atoms with Gasteiger partial charge in [-0.3, -0.25) is 14.7 Å². The molecule has 5 heterocycles. The molecule has 0 radical (unpaired) electrons. The van der Waals surface area contributed by atoms with Crippen molar-refractivity contribution in [2.24, 2.45) is 5.73 Å². The number of hydrogen-bond acceptors (Lipinski definition) is 10. The van der Waals surface area contributed by atoms with Gasteiger partial charge in [-0.1, -0.05) is 0 Å². The molecule has 0 saturated carbocycles. The Labute approximate surface area is 213 Å². The monoisotopic (exact) mass is 503 g/mol. The highest BCUT2D eigenvalue weighted by molar-refractivity contribution is 5.76. The molecular weight excluding hydrogens is 477 g/mol. The third kappa shape index (κ3) is 5.47. The van der Waals surface area contributed by atoms with Crippen LogP contribution in [-0.2, 0) is 9.53 Å². The third-order valence-electron chi connectivity index (χ3n) is 6.37. The number of aromatic nitrogens is 4. The molecule has 1 unspecified atom stereocenters. The normalized spacial score (nSPS) is 19.9. The summed E-state index contributed by atoms with van der Waals surface area (Å²) in [4.78, 5) is 33.3. The van der Waals surface area contributed by atoms with Gasteiger partial charge >= 0.3 is 0 Å². The molecule has 0 bridgehead atoms. The molecule has 5 rings (SSSR count). The van der Waals surface area contributed by atoms with Crippen molar-refractivity contribution >= 4 is 23.4 Å². The second-order valence-electron chi connectivity index (χ2n) is 8.89. The van der Waals surface area contributed by atoms with E-state index in [1.807, 2.05) is 11.0 Å².